The van der Waals surface area contributed by atoms with Crippen LogP contribution in [0, 0.1) is 6.92 Å². The quantitative estimate of drug-likeness (QED) is 0.667. The molecular formula is C20H19ClN4O. The minimum Gasteiger partial charge on any atom is -0.324 e. The molecular weight excluding hydrogens is 348 g/mol. The van der Waals surface area contributed by atoms with Crippen molar-refractivity contribution in [3.05, 3.63) is 76.6 Å². The van der Waals surface area contributed by atoms with Gasteiger partial charge in [-0.2, -0.15) is 0 Å². The first kappa shape index (κ1) is 17.9. The van der Waals surface area contributed by atoms with E-state index in [1.165, 1.54) is 18.0 Å². The van der Waals surface area contributed by atoms with Crippen LogP contribution in [0.3, 0.4) is 0 Å². The van der Waals surface area contributed by atoms with Gasteiger partial charge in [0.05, 0.1) is 5.56 Å². The third-order valence-corrected chi connectivity index (χ3v) is 4.20. The van der Waals surface area contributed by atoms with Crippen LogP contribution in [-0.2, 0) is 6.42 Å². The molecule has 0 atom stereocenters. The summed E-state index contributed by atoms with van der Waals surface area (Å²) in [6.45, 7) is 4.00. The molecule has 2 N–H and O–H groups in total. The topological polar surface area (TPSA) is 66.9 Å². The Morgan fingerprint density at radius 1 is 1.08 bits per heavy atom. The van der Waals surface area contributed by atoms with Gasteiger partial charge in [0.25, 0.3) is 5.91 Å². The predicted octanol–water partition coefficient (Wildman–Crippen LogP) is 5.00. The van der Waals surface area contributed by atoms with Crippen molar-refractivity contribution >= 4 is 34.8 Å². The first-order valence-electron chi connectivity index (χ1n) is 8.30. The van der Waals surface area contributed by atoms with Crippen molar-refractivity contribution in [2.24, 2.45) is 0 Å². The molecule has 0 spiro atoms. The van der Waals surface area contributed by atoms with Crippen LogP contribution in [0.1, 0.15) is 28.4 Å². The fourth-order valence-corrected chi connectivity index (χ4v) is 2.65. The van der Waals surface area contributed by atoms with E-state index >= 15 is 0 Å². The first-order valence-corrected chi connectivity index (χ1v) is 8.68. The lowest BCUT2D eigenvalue weighted by Gasteiger charge is -2.09. The molecule has 0 fully saturated rings. The maximum atomic E-state index is 12.3. The van der Waals surface area contributed by atoms with Crippen LogP contribution >= 0.6 is 11.6 Å². The lowest BCUT2D eigenvalue weighted by atomic mass is 10.1. The van der Waals surface area contributed by atoms with Gasteiger partial charge in [0.2, 0.25) is 5.95 Å². The summed E-state index contributed by atoms with van der Waals surface area (Å²) < 4.78 is 0. The van der Waals surface area contributed by atoms with Gasteiger partial charge in [-0.25, -0.2) is 9.97 Å². The molecule has 132 valence electrons. The number of hydrogen-bond acceptors (Lipinski definition) is 4. The van der Waals surface area contributed by atoms with Crippen LogP contribution in [0.25, 0.3) is 0 Å². The summed E-state index contributed by atoms with van der Waals surface area (Å²) in [5, 5.41) is 6.59. The molecule has 0 aliphatic carbocycles. The molecule has 0 unspecified atom stereocenters. The number of nitrogens with one attached hydrogen (secondary N) is 2. The van der Waals surface area contributed by atoms with E-state index in [-0.39, 0.29) is 5.91 Å². The molecule has 0 saturated heterocycles. The molecule has 26 heavy (non-hydrogen) atoms. The van der Waals surface area contributed by atoms with Crippen molar-refractivity contribution in [2.45, 2.75) is 20.3 Å². The summed E-state index contributed by atoms with van der Waals surface area (Å²) >= 11 is 5.93. The molecule has 6 heteroatoms. The molecule has 0 aliphatic rings. The molecule has 5 nitrogen and oxygen atoms in total. The highest BCUT2D eigenvalue weighted by Gasteiger charge is 2.09. The lowest BCUT2D eigenvalue weighted by molar-refractivity contribution is 0.102. The number of aromatic nitrogens is 2. The second-order valence-electron chi connectivity index (χ2n) is 5.88. The number of amides is 1. The molecule has 0 aliphatic heterocycles. The van der Waals surface area contributed by atoms with Gasteiger partial charge in [0, 0.05) is 28.8 Å². The average molecular weight is 367 g/mol. The summed E-state index contributed by atoms with van der Waals surface area (Å²) in [6.07, 6.45) is 3.99. The normalized spacial score (nSPS) is 10.4. The average Bonchev–Trinajstić information content (AvgIpc) is 2.65. The number of aryl methyl sites for hydroxylation is 2. The Balaban J connectivity index is 1.67. The smallest absolute Gasteiger partial charge is 0.258 e. The van der Waals surface area contributed by atoms with Gasteiger partial charge in [-0.3, -0.25) is 4.79 Å². The van der Waals surface area contributed by atoms with Gasteiger partial charge in [0.15, 0.2) is 0 Å². The highest BCUT2D eigenvalue weighted by molar-refractivity contribution is 6.30. The van der Waals surface area contributed by atoms with E-state index in [1.54, 1.807) is 18.2 Å². The minimum atomic E-state index is -0.269. The highest BCUT2D eigenvalue weighted by Crippen LogP contribution is 2.20. The second-order valence-corrected chi connectivity index (χ2v) is 6.32. The predicted molar refractivity (Wildman–Crippen MR) is 105 cm³/mol. The molecule has 1 amide bonds. The fourth-order valence-electron chi connectivity index (χ4n) is 2.42. The number of halogens is 1. The van der Waals surface area contributed by atoms with Gasteiger partial charge >= 0.3 is 0 Å². The number of nitrogens with zero attached hydrogens (tertiary/aromatic N) is 2. The second kappa shape index (κ2) is 7.97. The van der Waals surface area contributed by atoms with E-state index < -0.39 is 0 Å². The number of carbonyl (C=O) groups is 1. The van der Waals surface area contributed by atoms with Crippen LogP contribution in [-0.4, -0.2) is 15.9 Å². The number of hydrogen-bond donors (Lipinski definition) is 2. The monoisotopic (exact) mass is 366 g/mol. The summed E-state index contributed by atoms with van der Waals surface area (Å²) in [5.74, 6) is 0.169. The molecule has 0 radical (unpaired) electrons. The Kier molecular flexibility index (Phi) is 5.49. The number of anilines is 3. The van der Waals surface area contributed by atoms with Crippen molar-refractivity contribution in [3.63, 3.8) is 0 Å². The summed E-state index contributed by atoms with van der Waals surface area (Å²) in [4.78, 5) is 20.8. The van der Waals surface area contributed by atoms with Crippen LogP contribution in [0.5, 0.6) is 0 Å². The Hall–Kier alpha value is -2.92. The van der Waals surface area contributed by atoms with Gasteiger partial charge in [-0.15, -0.1) is 0 Å². The van der Waals surface area contributed by atoms with Crippen molar-refractivity contribution in [1.29, 1.82) is 0 Å². The van der Waals surface area contributed by atoms with Gasteiger partial charge in [-0.1, -0.05) is 30.7 Å². The molecule has 1 aromatic heterocycles. The van der Waals surface area contributed by atoms with Crippen LogP contribution in [0.4, 0.5) is 17.3 Å². The van der Waals surface area contributed by atoms with E-state index in [0.29, 0.717) is 22.2 Å². The van der Waals surface area contributed by atoms with Crippen molar-refractivity contribution in [1.82, 2.24) is 9.97 Å². The van der Waals surface area contributed by atoms with E-state index in [1.807, 2.05) is 19.1 Å². The van der Waals surface area contributed by atoms with Gasteiger partial charge in [-0.05, 0) is 54.8 Å². The van der Waals surface area contributed by atoms with Crippen molar-refractivity contribution in [3.8, 4) is 0 Å². The SMILES string of the molecule is CCc1ccc(Nc2ncc(C(=O)Nc3ccc(Cl)cc3C)cn2)cc1. The Bertz CT molecular complexity index is 908. The standard InChI is InChI=1S/C20H19ClN4O/c1-3-14-4-7-17(8-5-14)24-20-22-11-15(12-23-20)19(26)25-18-9-6-16(21)10-13(18)2/h4-12H,3H2,1-2H3,(H,25,26)(H,22,23,24). The summed E-state index contributed by atoms with van der Waals surface area (Å²) in [5.41, 5.74) is 4.14. The van der Waals surface area contributed by atoms with Gasteiger partial charge < -0.3 is 10.6 Å². The van der Waals surface area contributed by atoms with E-state index in [0.717, 1.165) is 17.7 Å². The molecule has 0 bridgehead atoms. The Labute approximate surface area is 157 Å². The third kappa shape index (κ3) is 4.37. The van der Waals surface area contributed by atoms with Gasteiger partial charge in [0.1, 0.15) is 0 Å². The zero-order chi connectivity index (χ0) is 18.5. The third-order valence-electron chi connectivity index (χ3n) is 3.97. The summed E-state index contributed by atoms with van der Waals surface area (Å²) in [7, 11) is 0. The minimum absolute atomic E-state index is 0.269. The van der Waals surface area contributed by atoms with E-state index in [2.05, 4.69) is 39.7 Å². The molecule has 2 aromatic carbocycles. The molecule has 1 heterocycles. The number of carbonyl (C=O) groups excluding carboxylic acids is 1. The highest BCUT2D eigenvalue weighted by atomic mass is 35.5. The van der Waals surface area contributed by atoms with E-state index in [4.69, 9.17) is 11.6 Å². The first-order chi connectivity index (χ1) is 12.5. The Morgan fingerprint density at radius 2 is 1.77 bits per heavy atom. The van der Waals surface area contributed by atoms with Crippen molar-refractivity contribution in [2.75, 3.05) is 10.6 Å². The molecule has 3 aromatic rings. The van der Waals surface area contributed by atoms with Crippen molar-refractivity contribution < 1.29 is 4.79 Å². The van der Waals surface area contributed by atoms with Crippen LogP contribution in [0.15, 0.2) is 54.9 Å². The fraction of sp³-hybridized carbons (Fsp3) is 0.150. The zero-order valence-electron chi connectivity index (χ0n) is 14.6. The molecule has 0 saturated carbocycles. The van der Waals surface area contributed by atoms with Crippen LogP contribution < -0.4 is 10.6 Å². The maximum Gasteiger partial charge on any atom is 0.258 e. The summed E-state index contributed by atoms with van der Waals surface area (Å²) in [6, 6.07) is 13.4. The van der Waals surface area contributed by atoms with E-state index in [9.17, 15) is 4.79 Å². The number of rotatable bonds is 5. The molecule has 3 rings (SSSR count). The lowest BCUT2D eigenvalue weighted by Crippen LogP contribution is -2.13. The largest absolute Gasteiger partial charge is 0.324 e. The Morgan fingerprint density at radius 3 is 2.38 bits per heavy atom. The zero-order valence-corrected chi connectivity index (χ0v) is 15.3. The van der Waals surface area contributed by atoms with Crippen LogP contribution in [0.2, 0.25) is 5.02 Å². The maximum absolute atomic E-state index is 12.3. The number of benzene rings is 2.